The van der Waals surface area contributed by atoms with Crippen molar-refractivity contribution in [3.05, 3.63) is 29.8 Å². The number of amides is 2. The Hall–Kier alpha value is -2.57. The molecule has 0 spiro atoms. The van der Waals surface area contributed by atoms with Crippen molar-refractivity contribution in [2.45, 2.75) is 46.3 Å². The van der Waals surface area contributed by atoms with Gasteiger partial charge in [-0.15, -0.1) is 0 Å². The zero-order valence-corrected chi connectivity index (χ0v) is 16.3. The van der Waals surface area contributed by atoms with Gasteiger partial charge < -0.3 is 19.7 Å². The van der Waals surface area contributed by atoms with Gasteiger partial charge >= 0.3 is 5.97 Å². The van der Waals surface area contributed by atoms with Gasteiger partial charge in [0.05, 0.1) is 6.54 Å². The van der Waals surface area contributed by atoms with Crippen LogP contribution in [0.4, 0.5) is 0 Å². The highest BCUT2D eigenvalue weighted by Crippen LogP contribution is 2.13. The summed E-state index contributed by atoms with van der Waals surface area (Å²) in [6.07, 6.45) is -0.847. The topological polar surface area (TPSA) is 84.9 Å². The first-order chi connectivity index (χ1) is 12.0. The first-order valence-electron chi connectivity index (χ1n) is 8.43. The molecular formula is C19H28N2O5. The van der Waals surface area contributed by atoms with Crippen molar-refractivity contribution in [3.8, 4) is 5.75 Å². The largest absolute Gasteiger partial charge is 0.479 e. The molecule has 26 heavy (non-hydrogen) atoms. The van der Waals surface area contributed by atoms with Crippen LogP contribution in [0.15, 0.2) is 24.3 Å². The lowest BCUT2D eigenvalue weighted by atomic mass is 10.1. The summed E-state index contributed by atoms with van der Waals surface area (Å²) in [7, 11) is 1.48. The summed E-state index contributed by atoms with van der Waals surface area (Å²) < 4.78 is 10.5. The molecule has 0 heterocycles. The highest BCUT2D eigenvalue weighted by Gasteiger charge is 2.21. The Labute approximate surface area is 154 Å². The van der Waals surface area contributed by atoms with E-state index >= 15 is 0 Å². The molecule has 7 nitrogen and oxygen atoms in total. The second-order valence-corrected chi connectivity index (χ2v) is 7.23. The quantitative estimate of drug-likeness (QED) is 0.744. The summed E-state index contributed by atoms with van der Waals surface area (Å²) >= 11 is 0. The normalized spacial score (nSPS) is 12.1. The van der Waals surface area contributed by atoms with Crippen LogP contribution in [0.25, 0.3) is 0 Å². The minimum atomic E-state index is -0.847. The maximum absolute atomic E-state index is 12.0. The molecule has 2 amide bonds. The van der Waals surface area contributed by atoms with Crippen LogP contribution in [0.1, 0.15) is 33.3 Å². The Morgan fingerprint density at radius 3 is 2.27 bits per heavy atom. The molecule has 0 bridgehead atoms. The number of nitrogens with one attached hydrogen (secondary N) is 1. The first kappa shape index (κ1) is 21.5. The van der Waals surface area contributed by atoms with E-state index in [4.69, 9.17) is 9.47 Å². The molecule has 7 heteroatoms. The van der Waals surface area contributed by atoms with Gasteiger partial charge in [0.25, 0.3) is 5.91 Å². The number of likely N-dealkylation sites (N-methyl/N-ethyl adjacent to an activating group) is 1. The van der Waals surface area contributed by atoms with Crippen molar-refractivity contribution >= 4 is 17.8 Å². The third-order valence-corrected chi connectivity index (χ3v) is 3.32. The fourth-order valence-corrected chi connectivity index (χ4v) is 1.99. The fraction of sp³-hybridized carbons (Fsp3) is 0.526. The van der Waals surface area contributed by atoms with Crippen LogP contribution in [0.2, 0.25) is 0 Å². The SMILES string of the molecule is Cc1ccc(OC(C)C(=O)OCC(=O)N(C)CC(=O)NC(C)(C)C)cc1. The Morgan fingerprint density at radius 1 is 1.15 bits per heavy atom. The molecule has 1 N–H and O–H groups in total. The Bertz CT molecular complexity index is 634. The van der Waals surface area contributed by atoms with Crippen LogP contribution in [0, 0.1) is 6.92 Å². The van der Waals surface area contributed by atoms with E-state index in [2.05, 4.69) is 5.32 Å². The zero-order valence-electron chi connectivity index (χ0n) is 16.3. The van der Waals surface area contributed by atoms with Crippen molar-refractivity contribution < 1.29 is 23.9 Å². The van der Waals surface area contributed by atoms with Crippen LogP contribution in [0.3, 0.4) is 0 Å². The Kier molecular flexibility index (Phi) is 7.61. The van der Waals surface area contributed by atoms with E-state index in [1.54, 1.807) is 19.1 Å². The summed E-state index contributed by atoms with van der Waals surface area (Å²) in [6.45, 7) is 8.50. The smallest absolute Gasteiger partial charge is 0.347 e. The summed E-state index contributed by atoms with van der Waals surface area (Å²) in [4.78, 5) is 37.0. The van der Waals surface area contributed by atoms with Crippen LogP contribution < -0.4 is 10.1 Å². The van der Waals surface area contributed by atoms with Gasteiger partial charge in [0.1, 0.15) is 5.75 Å². The molecule has 0 fully saturated rings. The number of ether oxygens (including phenoxy) is 2. The zero-order chi connectivity index (χ0) is 19.9. The van der Waals surface area contributed by atoms with E-state index in [1.807, 2.05) is 39.8 Å². The van der Waals surface area contributed by atoms with E-state index in [9.17, 15) is 14.4 Å². The number of hydrogen-bond donors (Lipinski definition) is 1. The fourth-order valence-electron chi connectivity index (χ4n) is 1.99. The summed E-state index contributed by atoms with van der Waals surface area (Å²) in [5, 5.41) is 2.76. The van der Waals surface area contributed by atoms with Crippen molar-refractivity contribution in [1.82, 2.24) is 10.2 Å². The molecule has 1 aromatic rings. The number of rotatable bonds is 7. The van der Waals surface area contributed by atoms with Crippen LogP contribution in [0.5, 0.6) is 5.75 Å². The third-order valence-electron chi connectivity index (χ3n) is 3.32. The number of hydrogen-bond acceptors (Lipinski definition) is 5. The van der Waals surface area contributed by atoms with E-state index < -0.39 is 24.6 Å². The van der Waals surface area contributed by atoms with Gasteiger partial charge in [0.2, 0.25) is 5.91 Å². The second-order valence-electron chi connectivity index (χ2n) is 7.23. The van der Waals surface area contributed by atoms with Crippen molar-refractivity contribution in [2.24, 2.45) is 0 Å². The number of benzene rings is 1. The molecule has 1 aromatic carbocycles. The number of nitrogens with zero attached hydrogens (tertiary/aromatic N) is 1. The van der Waals surface area contributed by atoms with Gasteiger partial charge in [0.15, 0.2) is 12.7 Å². The molecule has 0 saturated carbocycles. The monoisotopic (exact) mass is 364 g/mol. The standard InChI is InChI=1S/C19H28N2O5/c1-13-7-9-15(10-8-13)26-14(2)18(24)25-12-17(23)21(6)11-16(22)20-19(3,4)5/h7-10,14H,11-12H2,1-6H3,(H,20,22). The molecule has 0 aromatic heterocycles. The second kappa shape index (κ2) is 9.22. The minimum absolute atomic E-state index is 0.108. The van der Waals surface area contributed by atoms with Crippen LogP contribution in [-0.2, 0) is 19.1 Å². The number of carbonyl (C=O) groups is 3. The molecule has 1 unspecified atom stereocenters. The lowest BCUT2D eigenvalue weighted by Gasteiger charge is -2.23. The molecule has 1 atom stereocenters. The van der Waals surface area contributed by atoms with Crippen molar-refractivity contribution in [2.75, 3.05) is 20.2 Å². The highest BCUT2D eigenvalue weighted by molar-refractivity contribution is 5.86. The van der Waals surface area contributed by atoms with Crippen LogP contribution in [-0.4, -0.2) is 54.5 Å². The maximum Gasteiger partial charge on any atom is 0.347 e. The lowest BCUT2D eigenvalue weighted by molar-refractivity contribution is -0.157. The molecule has 0 aliphatic heterocycles. The van der Waals surface area contributed by atoms with Gasteiger partial charge in [-0.25, -0.2) is 4.79 Å². The summed E-state index contributed by atoms with van der Waals surface area (Å²) in [6, 6.07) is 7.25. The van der Waals surface area contributed by atoms with Gasteiger partial charge in [0, 0.05) is 12.6 Å². The average Bonchev–Trinajstić information content (AvgIpc) is 2.52. The van der Waals surface area contributed by atoms with Gasteiger partial charge in [-0.05, 0) is 46.8 Å². The predicted molar refractivity (Wildman–Crippen MR) is 97.8 cm³/mol. The number of carbonyl (C=O) groups excluding carboxylic acids is 3. The maximum atomic E-state index is 12.0. The van der Waals surface area contributed by atoms with E-state index in [1.165, 1.54) is 11.9 Å². The molecular weight excluding hydrogens is 336 g/mol. The summed E-state index contributed by atoms with van der Waals surface area (Å²) in [5.41, 5.74) is 0.702. The molecule has 0 radical (unpaired) electrons. The predicted octanol–water partition coefficient (Wildman–Crippen LogP) is 1.68. The van der Waals surface area contributed by atoms with Gasteiger partial charge in [-0.2, -0.15) is 0 Å². The molecule has 0 aliphatic rings. The molecule has 144 valence electrons. The highest BCUT2D eigenvalue weighted by atomic mass is 16.6. The Balaban J connectivity index is 2.41. The Morgan fingerprint density at radius 2 is 1.73 bits per heavy atom. The van der Waals surface area contributed by atoms with Crippen molar-refractivity contribution in [1.29, 1.82) is 0 Å². The van der Waals surface area contributed by atoms with Gasteiger partial charge in [-0.1, -0.05) is 17.7 Å². The van der Waals surface area contributed by atoms with E-state index in [0.29, 0.717) is 5.75 Å². The average molecular weight is 364 g/mol. The third kappa shape index (κ3) is 8.00. The van der Waals surface area contributed by atoms with Crippen molar-refractivity contribution in [3.63, 3.8) is 0 Å². The number of aryl methyl sites for hydroxylation is 1. The van der Waals surface area contributed by atoms with Crippen LogP contribution >= 0.6 is 0 Å². The summed E-state index contributed by atoms with van der Waals surface area (Å²) in [5.74, 6) is -0.852. The molecule has 0 saturated heterocycles. The first-order valence-corrected chi connectivity index (χ1v) is 8.43. The number of esters is 1. The van der Waals surface area contributed by atoms with E-state index in [0.717, 1.165) is 5.56 Å². The minimum Gasteiger partial charge on any atom is -0.479 e. The van der Waals surface area contributed by atoms with Gasteiger partial charge in [-0.3, -0.25) is 9.59 Å². The lowest BCUT2D eigenvalue weighted by Crippen LogP contribution is -2.47. The molecule has 1 rings (SSSR count). The van der Waals surface area contributed by atoms with E-state index in [-0.39, 0.29) is 18.0 Å². The molecule has 0 aliphatic carbocycles.